The standard InChI is InChI=1S/C11H7BrClN3O3/c12-7-3-10(16(18)19)11(17)15(5-7)6-9-4-8(13)1-2-14-9/h1-5H,6H2. The average Bonchev–Trinajstić information content (AvgIpc) is 2.33. The van der Waals surface area contributed by atoms with Crippen LogP contribution in [0.15, 0.2) is 39.9 Å². The molecule has 0 fully saturated rings. The fraction of sp³-hybridized carbons (Fsp3) is 0.0909. The molecule has 2 rings (SSSR count). The maximum Gasteiger partial charge on any atom is 0.335 e. The number of rotatable bonds is 3. The summed E-state index contributed by atoms with van der Waals surface area (Å²) in [7, 11) is 0. The van der Waals surface area contributed by atoms with E-state index < -0.39 is 16.2 Å². The van der Waals surface area contributed by atoms with E-state index in [1.807, 2.05) is 0 Å². The SMILES string of the molecule is O=c1c([N+](=O)[O-])cc(Br)cn1Cc1cc(Cl)ccn1. The Morgan fingerprint density at radius 3 is 2.84 bits per heavy atom. The van der Waals surface area contributed by atoms with E-state index in [1.54, 1.807) is 12.1 Å². The lowest BCUT2D eigenvalue weighted by molar-refractivity contribution is -0.386. The third-order valence-electron chi connectivity index (χ3n) is 2.34. The highest BCUT2D eigenvalue weighted by molar-refractivity contribution is 9.10. The molecule has 0 unspecified atom stereocenters. The summed E-state index contributed by atoms with van der Waals surface area (Å²) in [4.78, 5) is 26.0. The molecule has 6 nitrogen and oxygen atoms in total. The Bertz CT molecular complexity index is 702. The van der Waals surface area contributed by atoms with Crippen molar-refractivity contribution in [2.75, 3.05) is 0 Å². The molecular weight excluding hydrogens is 337 g/mol. The largest absolute Gasteiger partial charge is 0.335 e. The summed E-state index contributed by atoms with van der Waals surface area (Å²) in [6.45, 7) is 0.111. The van der Waals surface area contributed by atoms with E-state index >= 15 is 0 Å². The normalized spacial score (nSPS) is 10.4. The summed E-state index contributed by atoms with van der Waals surface area (Å²) in [5.41, 5.74) is -0.631. The van der Waals surface area contributed by atoms with Crippen molar-refractivity contribution >= 4 is 33.2 Å². The first-order valence-electron chi connectivity index (χ1n) is 5.12. The molecule has 2 heterocycles. The van der Waals surface area contributed by atoms with Crippen molar-refractivity contribution in [1.82, 2.24) is 9.55 Å². The van der Waals surface area contributed by atoms with Crippen LogP contribution in [-0.4, -0.2) is 14.5 Å². The molecular formula is C11H7BrClN3O3. The highest BCUT2D eigenvalue weighted by atomic mass is 79.9. The zero-order chi connectivity index (χ0) is 14.0. The van der Waals surface area contributed by atoms with E-state index in [0.717, 1.165) is 0 Å². The molecule has 0 amide bonds. The summed E-state index contributed by atoms with van der Waals surface area (Å²) in [6.07, 6.45) is 2.98. The fourth-order valence-electron chi connectivity index (χ4n) is 1.54. The van der Waals surface area contributed by atoms with Gasteiger partial charge in [0.15, 0.2) is 0 Å². The molecule has 0 N–H and O–H groups in total. The summed E-state index contributed by atoms with van der Waals surface area (Å²) in [6, 6.07) is 4.38. The van der Waals surface area contributed by atoms with Crippen molar-refractivity contribution in [3.63, 3.8) is 0 Å². The van der Waals surface area contributed by atoms with Crippen LogP contribution in [0.5, 0.6) is 0 Å². The van der Waals surface area contributed by atoms with E-state index in [4.69, 9.17) is 11.6 Å². The minimum atomic E-state index is -0.713. The number of aromatic nitrogens is 2. The number of hydrogen-bond donors (Lipinski definition) is 0. The Hall–Kier alpha value is -1.73. The molecule has 19 heavy (non-hydrogen) atoms. The highest BCUT2D eigenvalue weighted by Crippen LogP contribution is 2.15. The van der Waals surface area contributed by atoms with Gasteiger partial charge in [-0.1, -0.05) is 11.6 Å². The second kappa shape index (κ2) is 5.50. The zero-order valence-corrected chi connectivity index (χ0v) is 11.8. The second-order valence-electron chi connectivity index (χ2n) is 3.70. The maximum atomic E-state index is 11.9. The predicted molar refractivity (Wildman–Crippen MR) is 73.4 cm³/mol. The molecule has 0 atom stereocenters. The Morgan fingerprint density at radius 2 is 2.21 bits per heavy atom. The molecule has 2 aromatic rings. The van der Waals surface area contributed by atoms with Crippen molar-refractivity contribution in [3.05, 3.63) is 66.3 Å². The minimum Gasteiger partial charge on any atom is -0.303 e. The van der Waals surface area contributed by atoms with E-state index in [-0.39, 0.29) is 6.54 Å². The van der Waals surface area contributed by atoms with Gasteiger partial charge in [-0.05, 0) is 28.1 Å². The van der Waals surface area contributed by atoms with E-state index in [9.17, 15) is 14.9 Å². The van der Waals surface area contributed by atoms with Gasteiger partial charge in [-0.2, -0.15) is 0 Å². The topological polar surface area (TPSA) is 78.0 Å². The molecule has 98 valence electrons. The first-order chi connectivity index (χ1) is 8.97. The molecule has 0 saturated heterocycles. The van der Waals surface area contributed by atoms with Gasteiger partial charge in [-0.25, -0.2) is 0 Å². The van der Waals surface area contributed by atoms with E-state index in [0.29, 0.717) is 15.2 Å². The molecule has 0 aliphatic heterocycles. The molecule has 0 aromatic carbocycles. The number of nitro groups is 1. The third-order valence-corrected chi connectivity index (χ3v) is 3.01. The average molecular weight is 345 g/mol. The molecule has 0 radical (unpaired) electrons. The quantitative estimate of drug-likeness (QED) is 0.633. The van der Waals surface area contributed by atoms with Gasteiger partial charge in [0.2, 0.25) is 0 Å². The Balaban J connectivity index is 2.46. The first kappa shape index (κ1) is 13.7. The van der Waals surface area contributed by atoms with Gasteiger partial charge in [0.1, 0.15) is 0 Å². The molecule has 0 aliphatic carbocycles. The summed E-state index contributed by atoms with van der Waals surface area (Å²) >= 11 is 8.95. The lowest BCUT2D eigenvalue weighted by atomic mass is 10.3. The lowest BCUT2D eigenvalue weighted by Gasteiger charge is -2.06. The monoisotopic (exact) mass is 343 g/mol. The van der Waals surface area contributed by atoms with Gasteiger partial charge in [0, 0.05) is 28.0 Å². The van der Waals surface area contributed by atoms with E-state index in [2.05, 4.69) is 20.9 Å². The Kier molecular flexibility index (Phi) is 3.96. The summed E-state index contributed by atoms with van der Waals surface area (Å²) in [5.74, 6) is 0. The second-order valence-corrected chi connectivity index (χ2v) is 5.05. The van der Waals surface area contributed by atoms with Gasteiger partial charge in [0.05, 0.1) is 17.2 Å². The van der Waals surface area contributed by atoms with Gasteiger partial charge < -0.3 is 4.57 Å². The van der Waals surface area contributed by atoms with Crippen LogP contribution >= 0.6 is 27.5 Å². The molecule has 0 saturated carbocycles. The van der Waals surface area contributed by atoms with Crippen molar-refractivity contribution in [3.8, 4) is 0 Å². The molecule has 0 bridgehead atoms. The van der Waals surface area contributed by atoms with Crippen LogP contribution in [0.4, 0.5) is 5.69 Å². The van der Waals surface area contributed by atoms with E-state index in [1.165, 1.54) is 23.0 Å². The number of halogens is 2. The van der Waals surface area contributed by atoms with Crippen molar-refractivity contribution in [1.29, 1.82) is 0 Å². The number of hydrogen-bond acceptors (Lipinski definition) is 4. The predicted octanol–water partition coefficient (Wildman–Crippen LogP) is 2.62. The maximum absolute atomic E-state index is 11.9. The van der Waals surface area contributed by atoms with Crippen LogP contribution in [0.2, 0.25) is 5.02 Å². The molecule has 0 spiro atoms. The van der Waals surface area contributed by atoms with Crippen molar-refractivity contribution in [2.24, 2.45) is 0 Å². The lowest BCUT2D eigenvalue weighted by Crippen LogP contribution is -2.23. The number of pyridine rings is 2. The van der Waals surface area contributed by atoms with Crippen LogP contribution in [0.1, 0.15) is 5.69 Å². The molecule has 8 heteroatoms. The fourth-order valence-corrected chi connectivity index (χ4v) is 2.19. The molecule has 2 aromatic heterocycles. The summed E-state index contributed by atoms with van der Waals surface area (Å²) < 4.78 is 1.65. The smallest absolute Gasteiger partial charge is 0.303 e. The van der Waals surface area contributed by atoms with Crippen LogP contribution in [0, 0.1) is 10.1 Å². The van der Waals surface area contributed by atoms with Crippen LogP contribution in [0.25, 0.3) is 0 Å². The zero-order valence-electron chi connectivity index (χ0n) is 9.42. The van der Waals surface area contributed by atoms with Gasteiger partial charge >= 0.3 is 11.2 Å². The van der Waals surface area contributed by atoms with Gasteiger partial charge in [-0.15, -0.1) is 0 Å². The Labute approximate surface area is 120 Å². The summed E-state index contributed by atoms with van der Waals surface area (Å²) in [5, 5.41) is 11.3. The number of nitrogens with zero attached hydrogens (tertiary/aromatic N) is 3. The van der Waals surface area contributed by atoms with Gasteiger partial charge in [-0.3, -0.25) is 19.9 Å². The Morgan fingerprint density at radius 1 is 1.47 bits per heavy atom. The first-order valence-corrected chi connectivity index (χ1v) is 6.29. The van der Waals surface area contributed by atoms with Gasteiger partial charge in [0.25, 0.3) is 0 Å². The van der Waals surface area contributed by atoms with Crippen LogP contribution in [-0.2, 0) is 6.54 Å². The third kappa shape index (κ3) is 3.18. The van der Waals surface area contributed by atoms with Crippen LogP contribution in [0.3, 0.4) is 0 Å². The van der Waals surface area contributed by atoms with Crippen molar-refractivity contribution in [2.45, 2.75) is 6.54 Å². The minimum absolute atomic E-state index is 0.111. The molecule has 0 aliphatic rings. The van der Waals surface area contributed by atoms with Crippen LogP contribution < -0.4 is 5.56 Å². The highest BCUT2D eigenvalue weighted by Gasteiger charge is 2.16. The van der Waals surface area contributed by atoms with Crippen molar-refractivity contribution < 1.29 is 4.92 Å².